The summed E-state index contributed by atoms with van der Waals surface area (Å²) in [5.41, 5.74) is 11.6. The predicted octanol–water partition coefficient (Wildman–Crippen LogP) is 12.2. The van der Waals surface area contributed by atoms with Crippen molar-refractivity contribution in [3.05, 3.63) is 205 Å². The maximum atomic E-state index is 6.47. The van der Waals surface area contributed by atoms with Crippen molar-refractivity contribution in [3.8, 4) is 33.4 Å². The first-order valence-electron chi connectivity index (χ1n) is 17.9. The van der Waals surface area contributed by atoms with Crippen molar-refractivity contribution < 1.29 is 4.42 Å². The van der Waals surface area contributed by atoms with Crippen molar-refractivity contribution in [1.29, 1.82) is 0 Å². The highest BCUT2D eigenvalue weighted by atomic mass is 16.3. The third-order valence-electron chi connectivity index (χ3n) is 10.2. The Labute approximate surface area is 307 Å². The second-order valence-electron chi connectivity index (χ2n) is 13.3. The summed E-state index contributed by atoms with van der Waals surface area (Å²) < 4.78 is 6.47. The lowest BCUT2D eigenvalue weighted by atomic mass is 9.92. The first kappa shape index (κ1) is 30.8. The van der Waals surface area contributed by atoms with Crippen LogP contribution in [0.2, 0.25) is 0 Å². The molecule has 10 rings (SSSR count). The van der Waals surface area contributed by atoms with Crippen LogP contribution in [0.3, 0.4) is 0 Å². The van der Waals surface area contributed by atoms with Gasteiger partial charge in [-0.15, -0.1) is 0 Å². The third kappa shape index (κ3) is 5.49. The van der Waals surface area contributed by atoms with Crippen LogP contribution in [0.25, 0.3) is 66.1 Å². The third-order valence-corrected chi connectivity index (χ3v) is 10.2. The summed E-state index contributed by atoms with van der Waals surface area (Å²) in [6, 6.07) is 65.7. The van der Waals surface area contributed by atoms with Gasteiger partial charge >= 0.3 is 0 Å². The van der Waals surface area contributed by atoms with E-state index in [4.69, 9.17) is 14.4 Å². The van der Waals surface area contributed by atoms with E-state index in [1.165, 1.54) is 27.6 Å². The molecule has 2 heterocycles. The monoisotopic (exact) mass is 679 g/mol. The molecule has 1 unspecified atom stereocenters. The lowest BCUT2D eigenvalue weighted by Gasteiger charge is -2.25. The fourth-order valence-electron chi connectivity index (χ4n) is 7.65. The van der Waals surface area contributed by atoms with Gasteiger partial charge in [-0.05, 0) is 62.4 Å². The summed E-state index contributed by atoms with van der Waals surface area (Å²) in [5.74, 6) is 1.52. The van der Waals surface area contributed by atoms with Gasteiger partial charge in [0.15, 0.2) is 6.17 Å². The van der Waals surface area contributed by atoms with Gasteiger partial charge in [0, 0.05) is 27.5 Å². The molecule has 0 amide bonds. The normalized spacial score (nSPS) is 14.2. The molecule has 1 aliphatic rings. The van der Waals surface area contributed by atoms with Crippen LogP contribution in [0.15, 0.2) is 202 Å². The molecular formula is C49H33N3O. The molecule has 9 aromatic rings. The van der Waals surface area contributed by atoms with Gasteiger partial charge in [-0.3, -0.25) is 0 Å². The minimum absolute atomic E-state index is 0.502. The van der Waals surface area contributed by atoms with Crippen molar-refractivity contribution in [2.75, 3.05) is 0 Å². The van der Waals surface area contributed by atoms with E-state index in [0.717, 1.165) is 66.8 Å². The maximum absolute atomic E-state index is 6.47. The summed E-state index contributed by atoms with van der Waals surface area (Å²) in [6.07, 6.45) is -0.502. The van der Waals surface area contributed by atoms with Gasteiger partial charge < -0.3 is 9.73 Å². The fourth-order valence-corrected chi connectivity index (χ4v) is 7.65. The smallest absolute Gasteiger partial charge is 0.170 e. The Morgan fingerprint density at radius 3 is 1.64 bits per heavy atom. The molecule has 1 atom stereocenters. The molecule has 8 aromatic carbocycles. The van der Waals surface area contributed by atoms with Crippen molar-refractivity contribution in [2.45, 2.75) is 6.17 Å². The second-order valence-corrected chi connectivity index (χ2v) is 13.3. The van der Waals surface area contributed by atoms with Crippen LogP contribution in [-0.4, -0.2) is 11.7 Å². The Morgan fingerprint density at radius 1 is 0.377 bits per heavy atom. The molecule has 4 nitrogen and oxygen atoms in total. The van der Waals surface area contributed by atoms with Crippen molar-refractivity contribution in [1.82, 2.24) is 5.32 Å². The molecular weight excluding hydrogens is 647 g/mol. The van der Waals surface area contributed by atoms with Crippen LogP contribution in [0.5, 0.6) is 0 Å². The van der Waals surface area contributed by atoms with Crippen LogP contribution < -0.4 is 5.32 Å². The van der Waals surface area contributed by atoms with Crippen LogP contribution in [-0.2, 0) is 0 Å². The number of aliphatic imine (C=N–C) groups is 2. The van der Waals surface area contributed by atoms with Crippen LogP contribution >= 0.6 is 0 Å². The number of furan rings is 1. The lowest BCUT2D eigenvalue weighted by molar-refractivity contribution is 0.669. The van der Waals surface area contributed by atoms with Gasteiger partial charge in [0.2, 0.25) is 0 Å². The number of rotatable bonds is 6. The van der Waals surface area contributed by atoms with Gasteiger partial charge in [-0.25, -0.2) is 9.98 Å². The molecule has 0 saturated heterocycles. The highest BCUT2D eigenvalue weighted by Gasteiger charge is 2.27. The number of para-hydroxylation sites is 1. The molecule has 1 aromatic heterocycles. The Balaban J connectivity index is 1.21. The Hall–Kier alpha value is -7.04. The van der Waals surface area contributed by atoms with E-state index in [1.54, 1.807) is 0 Å². The Bertz CT molecular complexity index is 2840. The van der Waals surface area contributed by atoms with Crippen molar-refractivity contribution in [2.24, 2.45) is 9.98 Å². The molecule has 53 heavy (non-hydrogen) atoms. The largest absolute Gasteiger partial charge is 0.456 e. The molecule has 0 spiro atoms. The number of benzene rings is 8. The van der Waals surface area contributed by atoms with E-state index < -0.39 is 6.17 Å². The molecule has 1 aliphatic heterocycles. The van der Waals surface area contributed by atoms with E-state index in [-0.39, 0.29) is 0 Å². The number of nitrogens with zero attached hydrogens (tertiary/aromatic N) is 2. The topological polar surface area (TPSA) is 49.9 Å². The summed E-state index contributed by atoms with van der Waals surface area (Å²) in [7, 11) is 0. The van der Waals surface area contributed by atoms with E-state index in [0.29, 0.717) is 0 Å². The predicted molar refractivity (Wildman–Crippen MR) is 219 cm³/mol. The van der Waals surface area contributed by atoms with Crippen LogP contribution in [0.4, 0.5) is 0 Å². The molecule has 0 saturated carbocycles. The fraction of sp³-hybridized carbons (Fsp3) is 0.0204. The molecule has 4 heteroatoms. The zero-order valence-corrected chi connectivity index (χ0v) is 28.8. The van der Waals surface area contributed by atoms with Crippen molar-refractivity contribution in [3.63, 3.8) is 0 Å². The number of fused-ring (bicyclic) bond motifs is 4. The molecule has 0 aliphatic carbocycles. The summed E-state index contributed by atoms with van der Waals surface area (Å²) >= 11 is 0. The zero-order chi connectivity index (χ0) is 35.1. The quantitative estimate of drug-likeness (QED) is 0.190. The Morgan fingerprint density at radius 2 is 0.906 bits per heavy atom. The lowest BCUT2D eigenvalue weighted by Crippen LogP contribution is -2.36. The average molecular weight is 680 g/mol. The Kier molecular flexibility index (Phi) is 7.51. The van der Waals surface area contributed by atoms with Crippen LogP contribution in [0, 0.1) is 0 Å². The molecule has 250 valence electrons. The minimum atomic E-state index is -0.502. The molecule has 0 fully saturated rings. The number of amidine groups is 2. The van der Waals surface area contributed by atoms with Crippen LogP contribution in [0.1, 0.15) is 22.9 Å². The first-order chi connectivity index (χ1) is 26.3. The molecule has 0 radical (unpaired) electrons. The highest BCUT2D eigenvalue weighted by Crippen LogP contribution is 2.40. The SMILES string of the molecule is c1ccc(C2=NC(c3ccc(-c4ccccc4)c4ccccc34)N=C(c3c(-c4ccc(-c5ccccc5)cc4)ccc4oc5ccccc5c34)N2)cc1. The number of hydrogen-bond donors (Lipinski definition) is 1. The minimum Gasteiger partial charge on any atom is -0.456 e. The molecule has 0 bridgehead atoms. The van der Waals surface area contributed by atoms with E-state index in [1.807, 2.05) is 36.4 Å². The van der Waals surface area contributed by atoms with E-state index in [9.17, 15) is 0 Å². The number of nitrogens with one attached hydrogen (secondary N) is 1. The van der Waals surface area contributed by atoms with E-state index >= 15 is 0 Å². The molecule has 1 N–H and O–H groups in total. The van der Waals surface area contributed by atoms with Gasteiger partial charge in [0.25, 0.3) is 0 Å². The van der Waals surface area contributed by atoms with Gasteiger partial charge in [0.05, 0.1) is 0 Å². The number of hydrogen-bond acceptors (Lipinski definition) is 4. The van der Waals surface area contributed by atoms with E-state index in [2.05, 4.69) is 157 Å². The van der Waals surface area contributed by atoms with Gasteiger partial charge in [-0.2, -0.15) is 0 Å². The average Bonchev–Trinajstić information content (AvgIpc) is 3.63. The zero-order valence-electron chi connectivity index (χ0n) is 28.8. The summed E-state index contributed by atoms with van der Waals surface area (Å²) in [6.45, 7) is 0. The van der Waals surface area contributed by atoms with Gasteiger partial charge in [-0.1, -0.05) is 170 Å². The summed E-state index contributed by atoms with van der Waals surface area (Å²) in [5, 5.41) is 8.09. The van der Waals surface area contributed by atoms with Crippen molar-refractivity contribution >= 4 is 44.4 Å². The maximum Gasteiger partial charge on any atom is 0.170 e. The highest BCUT2D eigenvalue weighted by molar-refractivity contribution is 6.26. The standard InChI is InChI=1S/C49H33N3O/c1-4-14-32(15-5-1)33-24-26-35(27-25-33)38-30-31-44-45(42-22-12-13-23-43(42)53-44)46(38)49-51-47(36-18-8-3-9-19-36)50-48(52-49)41-29-28-37(34-16-6-2-7-17-34)39-20-10-11-21-40(39)41/h1-31,48H,(H,50,51,52). The first-order valence-corrected chi connectivity index (χ1v) is 17.9. The summed E-state index contributed by atoms with van der Waals surface area (Å²) in [4.78, 5) is 10.8. The van der Waals surface area contributed by atoms with Gasteiger partial charge in [0.1, 0.15) is 22.8 Å². The second kappa shape index (κ2) is 12.9.